The largest absolute Gasteiger partial charge is 0.379 e. The highest BCUT2D eigenvalue weighted by Crippen LogP contribution is 2.20. The number of amides is 4. The minimum absolute atomic E-state index is 0.220. The highest BCUT2D eigenvalue weighted by atomic mass is 16.5. The molecule has 0 saturated carbocycles. The van der Waals surface area contributed by atoms with Crippen molar-refractivity contribution in [1.29, 1.82) is 0 Å². The molecule has 1 unspecified atom stereocenters. The molecule has 1 heterocycles. The quantitative estimate of drug-likeness (QED) is 0.362. The molecule has 1 aliphatic heterocycles. The minimum Gasteiger partial charge on any atom is -0.379 e. The van der Waals surface area contributed by atoms with Crippen LogP contribution in [0.4, 0.5) is 21.0 Å². The second-order valence-corrected chi connectivity index (χ2v) is 8.47. The third-order valence-corrected chi connectivity index (χ3v) is 5.88. The zero-order valence-electron chi connectivity index (χ0n) is 20.0. The van der Waals surface area contributed by atoms with E-state index in [4.69, 9.17) is 4.74 Å². The van der Waals surface area contributed by atoms with E-state index in [9.17, 15) is 9.59 Å². The fourth-order valence-corrected chi connectivity index (χ4v) is 3.69. The Morgan fingerprint density at radius 3 is 2.53 bits per heavy atom. The zero-order valence-corrected chi connectivity index (χ0v) is 20.0. The number of nitrogens with zero attached hydrogens (tertiary/aromatic N) is 1. The molecule has 0 bridgehead atoms. The molecule has 2 rings (SSSR count). The summed E-state index contributed by atoms with van der Waals surface area (Å²) in [5.41, 5.74) is 2.27. The van der Waals surface area contributed by atoms with Gasteiger partial charge in [0, 0.05) is 37.6 Å². The van der Waals surface area contributed by atoms with E-state index in [1.807, 2.05) is 19.1 Å². The number of hydrogen-bond acceptors (Lipinski definition) is 4. The fraction of sp³-hybridized carbons (Fsp3) is 0.667. The van der Waals surface area contributed by atoms with Crippen molar-refractivity contribution in [3.63, 3.8) is 0 Å². The highest BCUT2D eigenvalue weighted by Gasteiger charge is 2.11. The summed E-state index contributed by atoms with van der Waals surface area (Å²) in [6.45, 7) is 12.0. The molecule has 1 fully saturated rings. The Morgan fingerprint density at radius 1 is 1.06 bits per heavy atom. The van der Waals surface area contributed by atoms with E-state index in [-0.39, 0.29) is 12.1 Å². The first-order chi connectivity index (χ1) is 15.5. The molecular formula is C24H41N5O3. The van der Waals surface area contributed by atoms with Crippen molar-refractivity contribution in [1.82, 2.24) is 15.5 Å². The van der Waals surface area contributed by atoms with Crippen molar-refractivity contribution in [2.45, 2.75) is 52.9 Å². The van der Waals surface area contributed by atoms with Crippen molar-refractivity contribution in [2.75, 3.05) is 56.6 Å². The summed E-state index contributed by atoms with van der Waals surface area (Å²) >= 11 is 0. The number of rotatable bonds is 12. The Bertz CT molecular complexity index is 707. The fourth-order valence-electron chi connectivity index (χ4n) is 3.69. The van der Waals surface area contributed by atoms with Crippen LogP contribution in [-0.2, 0) is 4.74 Å². The molecule has 0 radical (unpaired) electrons. The van der Waals surface area contributed by atoms with Crippen LogP contribution in [0.3, 0.4) is 0 Å². The second kappa shape index (κ2) is 14.7. The Hall–Kier alpha value is -2.32. The van der Waals surface area contributed by atoms with Crippen molar-refractivity contribution in [3.05, 3.63) is 23.8 Å². The predicted octanol–water partition coefficient (Wildman–Crippen LogP) is 4.18. The van der Waals surface area contributed by atoms with Gasteiger partial charge in [0.05, 0.1) is 13.2 Å². The van der Waals surface area contributed by atoms with Crippen molar-refractivity contribution in [2.24, 2.45) is 5.92 Å². The Labute approximate surface area is 192 Å². The molecule has 0 spiro atoms. The molecule has 0 aromatic heterocycles. The molecule has 1 atom stereocenters. The number of aryl methyl sites for hydroxylation is 1. The molecule has 8 heteroatoms. The summed E-state index contributed by atoms with van der Waals surface area (Å²) in [5, 5.41) is 11.6. The standard InChI is InChI=1S/C24H41N5O3/c1-4-6-8-20(5-2)18-26-24(31)27-21-10-9-19(3)22(17-21)28-23(30)25-11-7-12-29-13-15-32-16-14-29/h9-10,17,20H,4-8,11-16,18H2,1-3H3,(H2,25,28,30)(H2,26,27,31). The molecule has 180 valence electrons. The Kier molecular flexibility index (Phi) is 11.9. The van der Waals surface area contributed by atoms with Crippen LogP contribution in [0, 0.1) is 12.8 Å². The van der Waals surface area contributed by atoms with Crippen molar-refractivity contribution < 1.29 is 14.3 Å². The molecule has 0 aliphatic carbocycles. The number of hydrogen-bond donors (Lipinski definition) is 4. The van der Waals surface area contributed by atoms with Gasteiger partial charge in [-0.25, -0.2) is 9.59 Å². The molecule has 1 aromatic rings. The van der Waals surface area contributed by atoms with Crippen molar-refractivity contribution >= 4 is 23.4 Å². The van der Waals surface area contributed by atoms with E-state index < -0.39 is 0 Å². The lowest BCUT2D eigenvalue weighted by atomic mass is 9.99. The predicted molar refractivity (Wildman–Crippen MR) is 130 cm³/mol. The number of ether oxygens (including phenoxy) is 1. The normalized spacial score (nSPS) is 15.1. The molecule has 4 amide bonds. The van der Waals surface area contributed by atoms with Gasteiger partial charge in [0.1, 0.15) is 0 Å². The van der Waals surface area contributed by atoms with Crippen LogP contribution >= 0.6 is 0 Å². The number of carbonyl (C=O) groups excluding carboxylic acids is 2. The number of nitrogens with one attached hydrogen (secondary N) is 4. The highest BCUT2D eigenvalue weighted by molar-refractivity contribution is 5.93. The van der Waals surface area contributed by atoms with E-state index in [0.717, 1.165) is 57.7 Å². The van der Waals surface area contributed by atoms with E-state index in [1.54, 1.807) is 6.07 Å². The van der Waals surface area contributed by atoms with E-state index in [0.29, 0.717) is 30.4 Å². The van der Waals surface area contributed by atoms with Crippen LogP contribution in [0.5, 0.6) is 0 Å². The van der Waals surface area contributed by atoms with Crippen LogP contribution in [0.1, 0.15) is 51.5 Å². The van der Waals surface area contributed by atoms with Gasteiger partial charge >= 0.3 is 12.1 Å². The topological polar surface area (TPSA) is 94.7 Å². The van der Waals surface area contributed by atoms with Crippen molar-refractivity contribution in [3.8, 4) is 0 Å². The first kappa shape index (κ1) is 25.9. The summed E-state index contributed by atoms with van der Waals surface area (Å²) < 4.78 is 5.35. The van der Waals surface area contributed by atoms with Gasteiger partial charge < -0.3 is 26.0 Å². The maximum Gasteiger partial charge on any atom is 0.319 e. The smallest absolute Gasteiger partial charge is 0.319 e. The number of carbonyl (C=O) groups is 2. The minimum atomic E-state index is -0.238. The lowest BCUT2D eigenvalue weighted by molar-refractivity contribution is 0.0375. The van der Waals surface area contributed by atoms with Gasteiger partial charge in [0.25, 0.3) is 0 Å². The summed E-state index contributed by atoms with van der Waals surface area (Å²) in [7, 11) is 0. The molecule has 32 heavy (non-hydrogen) atoms. The first-order valence-corrected chi connectivity index (χ1v) is 12.0. The summed E-state index contributed by atoms with van der Waals surface area (Å²) in [6, 6.07) is 5.06. The van der Waals surface area contributed by atoms with Gasteiger partial charge in [-0.15, -0.1) is 0 Å². The second-order valence-electron chi connectivity index (χ2n) is 8.47. The van der Waals surface area contributed by atoms with Crippen LogP contribution in [-0.4, -0.2) is 62.9 Å². The Balaban J connectivity index is 1.74. The Morgan fingerprint density at radius 2 is 1.81 bits per heavy atom. The number of unbranched alkanes of at least 4 members (excludes halogenated alkanes) is 1. The number of morpholine rings is 1. The molecule has 4 N–H and O–H groups in total. The summed E-state index contributed by atoms with van der Waals surface area (Å²) in [4.78, 5) is 26.9. The number of urea groups is 2. The van der Waals surface area contributed by atoms with Crippen LogP contribution in [0.15, 0.2) is 18.2 Å². The lowest BCUT2D eigenvalue weighted by Crippen LogP contribution is -2.38. The van der Waals surface area contributed by atoms with Gasteiger partial charge in [0.15, 0.2) is 0 Å². The number of benzene rings is 1. The summed E-state index contributed by atoms with van der Waals surface area (Å²) in [5.74, 6) is 0.503. The molecule has 1 saturated heterocycles. The molecule has 8 nitrogen and oxygen atoms in total. The maximum absolute atomic E-state index is 12.3. The van der Waals surface area contributed by atoms with E-state index in [2.05, 4.69) is 40.0 Å². The van der Waals surface area contributed by atoms with Gasteiger partial charge in [0.2, 0.25) is 0 Å². The average Bonchev–Trinajstić information content (AvgIpc) is 2.80. The average molecular weight is 448 g/mol. The SMILES string of the molecule is CCCCC(CC)CNC(=O)Nc1ccc(C)c(NC(=O)NCCCN2CCOCC2)c1. The molecule has 1 aromatic carbocycles. The lowest BCUT2D eigenvalue weighted by Gasteiger charge is -2.26. The van der Waals surface area contributed by atoms with E-state index in [1.165, 1.54) is 12.8 Å². The summed E-state index contributed by atoms with van der Waals surface area (Å²) in [6.07, 6.45) is 5.44. The third-order valence-electron chi connectivity index (χ3n) is 5.88. The molecular weight excluding hydrogens is 406 g/mol. The van der Waals surface area contributed by atoms with Crippen LogP contribution in [0.2, 0.25) is 0 Å². The molecule has 1 aliphatic rings. The van der Waals surface area contributed by atoms with Crippen LogP contribution in [0.25, 0.3) is 0 Å². The van der Waals surface area contributed by atoms with Gasteiger partial charge in [-0.05, 0) is 49.9 Å². The zero-order chi connectivity index (χ0) is 23.2. The van der Waals surface area contributed by atoms with Crippen LogP contribution < -0.4 is 21.3 Å². The maximum atomic E-state index is 12.3. The monoisotopic (exact) mass is 447 g/mol. The van der Waals surface area contributed by atoms with Gasteiger partial charge in [-0.3, -0.25) is 4.90 Å². The van der Waals surface area contributed by atoms with Gasteiger partial charge in [-0.1, -0.05) is 39.2 Å². The van der Waals surface area contributed by atoms with Gasteiger partial charge in [-0.2, -0.15) is 0 Å². The van der Waals surface area contributed by atoms with E-state index >= 15 is 0 Å². The first-order valence-electron chi connectivity index (χ1n) is 12.0. The third kappa shape index (κ3) is 9.87. The number of anilines is 2.